The van der Waals surface area contributed by atoms with Crippen molar-refractivity contribution in [2.24, 2.45) is 0 Å². The van der Waals surface area contributed by atoms with Crippen LogP contribution in [-0.4, -0.2) is 14.3 Å². The molecule has 1 heterocycles. The molecular formula is C22H19N3O3S2. The van der Waals surface area contributed by atoms with Crippen molar-refractivity contribution in [2.75, 3.05) is 10.0 Å². The van der Waals surface area contributed by atoms with Gasteiger partial charge < -0.3 is 5.32 Å². The van der Waals surface area contributed by atoms with Gasteiger partial charge in [0.2, 0.25) is 0 Å². The van der Waals surface area contributed by atoms with E-state index < -0.39 is 15.9 Å². The highest BCUT2D eigenvalue weighted by molar-refractivity contribution is 7.92. The predicted octanol–water partition coefficient (Wildman–Crippen LogP) is 4.55. The Bertz CT molecular complexity index is 1240. The van der Waals surface area contributed by atoms with E-state index in [1.807, 2.05) is 0 Å². The van der Waals surface area contributed by atoms with Crippen LogP contribution in [0.1, 0.15) is 39.2 Å². The lowest BCUT2D eigenvalue weighted by molar-refractivity contribution is 0.102. The molecule has 1 amide bonds. The minimum atomic E-state index is -3.84. The maximum absolute atomic E-state index is 12.8. The molecule has 3 aromatic rings. The van der Waals surface area contributed by atoms with E-state index in [9.17, 15) is 18.5 Å². The van der Waals surface area contributed by atoms with E-state index in [2.05, 4.69) is 16.1 Å². The first kappa shape index (κ1) is 20.1. The van der Waals surface area contributed by atoms with Crippen LogP contribution in [0.3, 0.4) is 0 Å². The van der Waals surface area contributed by atoms with E-state index in [0.29, 0.717) is 16.3 Å². The molecule has 1 aliphatic carbocycles. The first-order valence-corrected chi connectivity index (χ1v) is 11.8. The molecule has 0 unspecified atom stereocenters. The van der Waals surface area contributed by atoms with Gasteiger partial charge in [-0.05, 0) is 61.6 Å². The zero-order valence-corrected chi connectivity index (χ0v) is 17.6. The molecule has 0 fully saturated rings. The zero-order chi connectivity index (χ0) is 21.1. The molecule has 1 aliphatic rings. The number of hydrogen-bond donors (Lipinski definition) is 2. The van der Waals surface area contributed by atoms with Crippen molar-refractivity contribution in [3.63, 3.8) is 0 Å². The number of aryl methyl sites for hydroxylation is 1. The quantitative estimate of drug-likeness (QED) is 0.612. The number of nitrogens with one attached hydrogen (secondary N) is 2. The third kappa shape index (κ3) is 4.08. The number of carbonyl (C=O) groups excluding carboxylic acids is 1. The fourth-order valence-electron chi connectivity index (χ4n) is 3.47. The second-order valence-electron chi connectivity index (χ2n) is 6.98. The Morgan fingerprint density at radius 3 is 2.57 bits per heavy atom. The molecule has 0 atom stereocenters. The monoisotopic (exact) mass is 437 g/mol. The lowest BCUT2D eigenvalue weighted by atomic mass is 9.96. The van der Waals surface area contributed by atoms with Crippen molar-refractivity contribution in [3.8, 4) is 6.07 Å². The van der Waals surface area contributed by atoms with Gasteiger partial charge in [0.05, 0.1) is 10.5 Å². The fourth-order valence-corrected chi connectivity index (χ4v) is 5.81. The molecule has 2 N–H and O–H groups in total. The summed E-state index contributed by atoms with van der Waals surface area (Å²) in [5.74, 6) is -0.443. The summed E-state index contributed by atoms with van der Waals surface area (Å²) in [6.45, 7) is 0. The van der Waals surface area contributed by atoms with Gasteiger partial charge in [0.15, 0.2) is 0 Å². The lowest BCUT2D eigenvalue weighted by Gasteiger charge is -2.10. The van der Waals surface area contributed by atoms with E-state index in [1.54, 1.807) is 36.4 Å². The van der Waals surface area contributed by atoms with Gasteiger partial charge in [0.1, 0.15) is 11.1 Å². The zero-order valence-electron chi connectivity index (χ0n) is 16.0. The highest BCUT2D eigenvalue weighted by Crippen LogP contribution is 2.37. The van der Waals surface area contributed by atoms with Crippen LogP contribution in [0.4, 0.5) is 10.7 Å². The van der Waals surface area contributed by atoms with E-state index in [-0.39, 0.29) is 10.5 Å². The number of thiophene rings is 1. The molecule has 0 aliphatic heterocycles. The van der Waals surface area contributed by atoms with E-state index in [4.69, 9.17) is 0 Å². The Kier molecular flexibility index (Phi) is 5.57. The SMILES string of the molecule is N#Cc1c(NC(=O)c2cccc(S(=O)(=O)Nc3ccccc3)c2)sc2c1CCCC2. The van der Waals surface area contributed by atoms with Crippen molar-refractivity contribution >= 4 is 38.0 Å². The van der Waals surface area contributed by atoms with Gasteiger partial charge in [-0.25, -0.2) is 8.42 Å². The fraction of sp³-hybridized carbons (Fsp3) is 0.182. The topological polar surface area (TPSA) is 99.1 Å². The van der Waals surface area contributed by atoms with Crippen molar-refractivity contribution < 1.29 is 13.2 Å². The van der Waals surface area contributed by atoms with Crippen LogP contribution in [-0.2, 0) is 22.9 Å². The second kappa shape index (κ2) is 8.30. The summed E-state index contributed by atoms with van der Waals surface area (Å²) in [6, 6.07) is 16.6. The van der Waals surface area contributed by atoms with Gasteiger partial charge in [-0.15, -0.1) is 11.3 Å². The minimum absolute atomic E-state index is 0.00927. The van der Waals surface area contributed by atoms with Gasteiger partial charge in [-0.3, -0.25) is 9.52 Å². The Morgan fingerprint density at radius 2 is 1.80 bits per heavy atom. The first-order chi connectivity index (χ1) is 14.5. The number of nitriles is 1. The molecule has 0 radical (unpaired) electrons. The summed E-state index contributed by atoms with van der Waals surface area (Å²) in [5.41, 5.74) is 2.21. The number of anilines is 2. The molecule has 30 heavy (non-hydrogen) atoms. The van der Waals surface area contributed by atoms with Crippen molar-refractivity contribution in [3.05, 3.63) is 76.2 Å². The number of sulfonamides is 1. The molecule has 0 saturated carbocycles. The Morgan fingerprint density at radius 1 is 1.03 bits per heavy atom. The standard InChI is InChI=1S/C22H19N3O3S2/c23-14-19-18-11-4-5-12-20(18)29-22(19)24-21(26)15-7-6-10-17(13-15)30(27,28)25-16-8-2-1-3-9-16/h1-3,6-10,13,25H,4-5,11-12H2,(H,24,26). The van der Waals surface area contributed by atoms with Crippen LogP contribution in [0.15, 0.2) is 59.5 Å². The molecule has 0 saturated heterocycles. The molecular weight excluding hydrogens is 418 g/mol. The Labute approximate surface area is 179 Å². The summed E-state index contributed by atoms with van der Waals surface area (Å²) < 4.78 is 27.9. The predicted molar refractivity (Wildman–Crippen MR) is 117 cm³/mol. The molecule has 8 heteroatoms. The summed E-state index contributed by atoms with van der Waals surface area (Å²) in [4.78, 5) is 13.9. The van der Waals surface area contributed by atoms with Gasteiger partial charge in [0.25, 0.3) is 15.9 Å². The third-order valence-electron chi connectivity index (χ3n) is 4.94. The number of hydrogen-bond acceptors (Lipinski definition) is 5. The lowest BCUT2D eigenvalue weighted by Crippen LogP contribution is -2.16. The number of amides is 1. The van der Waals surface area contributed by atoms with Crippen LogP contribution >= 0.6 is 11.3 Å². The maximum Gasteiger partial charge on any atom is 0.261 e. The number of nitrogens with zero attached hydrogens (tertiary/aromatic N) is 1. The van der Waals surface area contributed by atoms with Crippen LogP contribution < -0.4 is 10.0 Å². The van der Waals surface area contributed by atoms with Crippen LogP contribution in [0.2, 0.25) is 0 Å². The Hall–Kier alpha value is -3.15. The maximum atomic E-state index is 12.8. The summed E-state index contributed by atoms with van der Waals surface area (Å²) in [6.07, 6.45) is 3.90. The Balaban J connectivity index is 1.58. The number of rotatable bonds is 5. The average molecular weight is 438 g/mol. The molecule has 2 aromatic carbocycles. The van der Waals surface area contributed by atoms with E-state index in [0.717, 1.165) is 36.1 Å². The summed E-state index contributed by atoms with van der Waals surface area (Å²) >= 11 is 1.44. The van der Waals surface area contributed by atoms with Gasteiger partial charge in [-0.2, -0.15) is 5.26 Å². The van der Waals surface area contributed by atoms with Gasteiger partial charge in [0, 0.05) is 16.1 Å². The molecule has 0 bridgehead atoms. The molecule has 0 spiro atoms. The first-order valence-electron chi connectivity index (χ1n) is 9.52. The van der Waals surface area contributed by atoms with Crippen LogP contribution in [0.25, 0.3) is 0 Å². The average Bonchev–Trinajstić information content (AvgIpc) is 3.11. The smallest absolute Gasteiger partial charge is 0.261 e. The van der Waals surface area contributed by atoms with Crippen LogP contribution in [0, 0.1) is 11.3 Å². The summed E-state index contributed by atoms with van der Waals surface area (Å²) in [5, 5.41) is 12.9. The molecule has 4 rings (SSSR count). The van der Waals surface area contributed by atoms with Crippen molar-refractivity contribution in [2.45, 2.75) is 30.6 Å². The van der Waals surface area contributed by atoms with E-state index >= 15 is 0 Å². The largest absolute Gasteiger partial charge is 0.312 e. The van der Waals surface area contributed by atoms with Crippen molar-refractivity contribution in [1.29, 1.82) is 5.26 Å². The molecule has 152 valence electrons. The molecule has 1 aromatic heterocycles. The van der Waals surface area contributed by atoms with E-state index in [1.165, 1.54) is 29.5 Å². The van der Waals surface area contributed by atoms with Gasteiger partial charge in [-0.1, -0.05) is 24.3 Å². The number of fused-ring (bicyclic) bond motifs is 1. The van der Waals surface area contributed by atoms with Crippen molar-refractivity contribution in [1.82, 2.24) is 0 Å². The third-order valence-corrected chi connectivity index (χ3v) is 7.53. The van der Waals surface area contributed by atoms with Gasteiger partial charge >= 0.3 is 0 Å². The highest BCUT2D eigenvalue weighted by Gasteiger charge is 2.23. The number of para-hydroxylation sites is 1. The second-order valence-corrected chi connectivity index (χ2v) is 9.77. The minimum Gasteiger partial charge on any atom is -0.312 e. The molecule has 6 nitrogen and oxygen atoms in total. The normalized spacial score (nSPS) is 13.2. The highest BCUT2D eigenvalue weighted by atomic mass is 32.2. The number of benzene rings is 2. The summed E-state index contributed by atoms with van der Waals surface area (Å²) in [7, 11) is -3.84. The van der Waals surface area contributed by atoms with Crippen LogP contribution in [0.5, 0.6) is 0 Å². The number of carbonyl (C=O) groups is 1.